The molecule has 0 aliphatic carbocycles. The minimum Gasteiger partial charge on any atom is -0.487 e. The molecule has 1 heterocycles. The Morgan fingerprint density at radius 1 is 1.28 bits per heavy atom. The Hall–Kier alpha value is -2.89. The summed E-state index contributed by atoms with van der Waals surface area (Å²) < 4.78 is 6.03. The fourth-order valence-electron chi connectivity index (χ4n) is 3.09. The van der Waals surface area contributed by atoms with Crippen LogP contribution in [-0.2, 0) is 0 Å². The van der Waals surface area contributed by atoms with Crippen LogP contribution >= 0.6 is 0 Å². The molecule has 0 bridgehead atoms. The van der Waals surface area contributed by atoms with Crippen molar-refractivity contribution in [3.63, 3.8) is 0 Å². The van der Waals surface area contributed by atoms with Crippen LogP contribution in [-0.4, -0.2) is 16.4 Å². The van der Waals surface area contributed by atoms with E-state index < -0.39 is 10.5 Å². The van der Waals surface area contributed by atoms with Crippen molar-refractivity contribution in [3.8, 4) is 5.75 Å². The van der Waals surface area contributed by atoms with Crippen molar-refractivity contribution < 1.29 is 14.5 Å². The van der Waals surface area contributed by atoms with Gasteiger partial charge in [0.15, 0.2) is 0 Å². The second-order valence-electron chi connectivity index (χ2n) is 6.94. The summed E-state index contributed by atoms with van der Waals surface area (Å²) in [5.41, 5.74) is 1.76. The quantitative estimate of drug-likeness (QED) is 0.678. The van der Waals surface area contributed by atoms with Gasteiger partial charge in [-0.3, -0.25) is 14.9 Å². The van der Waals surface area contributed by atoms with Crippen molar-refractivity contribution in [3.05, 3.63) is 69.3 Å². The van der Waals surface area contributed by atoms with Gasteiger partial charge in [-0.25, -0.2) is 0 Å². The van der Waals surface area contributed by atoms with Crippen LogP contribution < -0.4 is 10.1 Å². The zero-order chi connectivity index (χ0) is 18.2. The van der Waals surface area contributed by atoms with E-state index in [0.717, 1.165) is 16.9 Å². The Morgan fingerprint density at radius 2 is 2.04 bits per heavy atom. The Kier molecular flexibility index (Phi) is 4.20. The number of benzene rings is 2. The number of aryl methyl sites for hydroxylation is 1. The second kappa shape index (κ2) is 6.20. The molecule has 0 saturated heterocycles. The van der Waals surface area contributed by atoms with Gasteiger partial charge < -0.3 is 10.1 Å². The molecule has 130 valence electrons. The van der Waals surface area contributed by atoms with Crippen LogP contribution in [0, 0.1) is 17.0 Å². The first kappa shape index (κ1) is 17.0. The van der Waals surface area contributed by atoms with Crippen molar-refractivity contribution >= 4 is 11.6 Å². The summed E-state index contributed by atoms with van der Waals surface area (Å²) in [6.45, 7) is 5.94. The number of carbonyl (C=O) groups excluding carboxylic acids is 1. The molecule has 25 heavy (non-hydrogen) atoms. The van der Waals surface area contributed by atoms with Crippen LogP contribution in [0.2, 0.25) is 0 Å². The number of nitro benzene ring substituents is 1. The molecule has 2 aromatic carbocycles. The molecule has 1 amide bonds. The molecule has 0 saturated carbocycles. The minimum atomic E-state index is -0.508. The Labute approximate surface area is 146 Å². The molecule has 1 aliphatic rings. The molecule has 0 unspecified atom stereocenters. The van der Waals surface area contributed by atoms with Crippen LogP contribution in [0.5, 0.6) is 5.75 Å². The first-order valence-electron chi connectivity index (χ1n) is 8.10. The van der Waals surface area contributed by atoms with Gasteiger partial charge in [0.05, 0.1) is 11.0 Å². The normalized spacial score (nSPS) is 18.0. The molecule has 6 nitrogen and oxygen atoms in total. The summed E-state index contributed by atoms with van der Waals surface area (Å²) in [5, 5.41) is 13.9. The number of nitrogens with one attached hydrogen (secondary N) is 1. The zero-order valence-electron chi connectivity index (χ0n) is 14.4. The molecule has 2 aromatic rings. The van der Waals surface area contributed by atoms with E-state index in [1.165, 1.54) is 18.2 Å². The molecule has 0 spiro atoms. The first-order chi connectivity index (χ1) is 11.7. The molecule has 6 heteroatoms. The van der Waals surface area contributed by atoms with E-state index >= 15 is 0 Å². The summed E-state index contributed by atoms with van der Waals surface area (Å²) in [6.07, 6.45) is 0.615. The topological polar surface area (TPSA) is 81.5 Å². The van der Waals surface area contributed by atoms with E-state index in [9.17, 15) is 14.9 Å². The van der Waals surface area contributed by atoms with Crippen LogP contribution in [0.15, 0.2) is 42.5 Å². The van der Waals surface area contributed by atoms with Crippen molar-refractivity contribution in [1.82, 2.24) is 5.32 Å². The third kappa shape index (κ3) is 3.63. The molecule has 1 N–H and O–H groups in total. The van der Waals surface area contributed by atoms with Gasteiger partial charge in [-0.2, -0.15) is 0 Å². The lowest BCUT2D eigenvalue weighted by Crippen LogP contribution is -2.41. The maximum absolute atomic E-state index is 12.6. The smallest absolute Gasteiger partial charge is 0.270 e. The lowest BCUT2D eigenvalue weighted by atomic mass is 9.89. The minimum absolute atomic E-state index is 0.101. The highest BCUT2D eigenvalue weighted by atomic mass is 16.6. The number of hydrogen-bond donors (Lipinski definition) is 1. The summed E-state index contributed by atoms with van der Waals surface area (Å²) in [7, 11) is 0. The number of rotatable bonds is 3. The molecule has 1 atom stereocenters. The number of ether oxygens (including phenoxy) is 1. The zero-order valence-corrected chi connectivity index (χ0v) is 14.4. The average Bonchev–Trinajstić information content (AvgIpc) is 2.53. The summed E-state index contributed by atoms with van der Waals surface area (Å²) in [6, 6.07) is 11.4. The Bertz CT molecular complexity index is 845. The molecular weight excluding hydrogens is 320 g/mol. The molecule has 3 rings (SSSR count). The van der Waals surface area contributed by atoms with Gasteiger partial charge in [0.1, 0.15) is 11.4 Å². The molecule has 1 aliphatic heterocycles. The monoisotopic (exact) mass is 340 g/mol. The highest BCUT2D eigenvalue weighted by Crippen LogP contribution is 2.40. The Morgan fingerprint density at radius 3 is 2.76 bits per heavy atom. The van der Waals surface area contributed by atoms with Crippen LogP contribution in [0.25, 0.3) is 0 Å². The lowest BCUT2D eigenvalue weighted by molar-refractivity contribution is -0.384. The molecular formula is C19H20N2O4. The highest BCUT2D eigenvalue weighted by Gasteiger charge is 2.34. The van der Waals surface area contributed by atoms with Gasteiger partial charge in [0.25, 0.3) is 11.6 Å². The largest absolute Gasteiger partial charge is 0.487 e. The number of nitrogens with zero attached hydrogens (tertiary/aromatic N) is 1. The van der Waals surface area contributed by atoms with E-state index in [0.29, 0.717) is 6.42 Å². The second-order valence-corrected chi connectivity index (χ2v) is 6.94. The van der Waals surface area contributed by atoms with Crippen molar-refractivity contribution in [1.29, 1.82) is 0 Å². The molecule has 0 fully saturated rings. The summed E-state index contributed by atoms with van der Waals surface area (Å²) in [5.74, 6) is 0.429. The van der Waals surface area contributed by atoms with Crippen LogP contribution in [0.4, 0.5) is 5.69 Å². The predicted molar refractivity (Wildman–Crippen MR) is 93.8 cm³/mol. The average molecular weight is 340 g/mol. The summed E-state index contributed by atoms with van der Waals surface area (Å²) in [4.78, 5) is 23.0. The SMILES string of the molecule is Cc1ccc2c(c1)OC(C)(C)C[C@@H]2NC(=O)c1cccc([N+](=O)[O-])c1. The number of hydrogen-bond acceptors (Lipinski definition) is 4. The van der Waals surface area contributed by atoms with Crippen LogP contribution in [0.3, 0.4) is 0 Å². The van der Waals surface area contributed by atoms with Crippen molar-refractivity contribution in [2.45, 2.75) is 38.8 Å². The van der Waals surface area contributed by atoms with Gasteiger partial charge in [-0.05, 0) is 38.5 Å². The predicted octanol–water partition coefficient (Wildman–Crippen LogP) is 3.94. The van der Waals surface area contributed by atoms with Crippen LogP contribution in [0.1, 0.15) is 47.8 Å². The van der Waals surface area contributed by atoms with Gasteiger partial charge in [0.2, 0.25) is 0 Å². The van der Waals surface area contributed by atoms with E-state index in [1.807, 2.05) is 39.0 Å². The van der Waals surface area contributed by atoms with Gasteiger partial charge in [-0.15, -0.1) is 0 Å². The van der Waals surface area contributed by atoms with E-state index in [2.05, 4.69) is 5.32 Å². The number of nitro groups is 1. The molecule has 0 radical (unpaired) electrons. The fraction of sp³-hybridized carbons (Fsp3) is 0.316. The van der Waals surface area contributed by atoms with E-state index in [-0.39, 0.29) is 23.2 Å². The first-order valence-corrected chi connectivity index (χ1v) is 8.10. The fourth-order valence-corrected chi connectivity index (χ4v) is 3.09. The number of amides is 1. The number of carbonyl (C=O) groups is 1. The molecule has 0 aromatic heterocycles. The third-order valence-corrected chi connectivity index (χ3v) is 4.25. The standard InChI is InChI=1S/C19H20N2O4/c1-12-7-8-15-16(11-19(2,3)25-17(15)9-12)20-18(22)13-5-4-6-14(10-13)21(23)24/h4-10,16H,11H2,1-3H3,(H,20,22)/t16-/m0/s1. The highest BCUT2D eigenvalue weighted by molar-refractivity contribution is 5.95. The van der Waals surface area contributed by atoms with Crippen molar-refractivity contribution in [2.75, 3.05) is 0 Å². The Balaban J connectivity index is 1.88. The number of non-ortho nitro benzene ring substituents is 1. The maximum atomic E-state index is 12.6. The lowest BCUT2D eigenvalue weighted by Gasteiger charge is -2.38. The van der Waals surface area contributed by atoms with Gasteiger partial charge in [-0.1, -0.05) is 18.2 Å². The van der Waals surface area contributed by atoms with Gasteiger partial charge >= 0.3 is 0 Å². The van der Waals surface area contributed by atoms with Gasteiger partial charge in [0, 0.05) is 29.7 Å². The van der Waals surface area contributed by atoms with E-state index in [1.54, 1.807) is 6.07 Å². The third-order valence-electron chi connectivity index (χ3n) is 4.25. The van der Waals surface area contributed by atoms with Crippen molar-refractivity contribution in [2.24, 2.45) is 0 Å². The van der Waals surface area contributed by atoms with E-state index in [4.69, 9.17) is 4.74 Å². The summed E-state index contributed by atoms with van der Waals surface area (Å²) >= 11 is 0. The number of fused-ring (bicyclic) bond motifs is 1. The maximum Gasteiger partial charge on any atom is 0.270 e.